The van der Waals surface area contributed by atoms with E-state index in [-0.39, 0.29) is 0 Å². The van der Waals surface area contributed by atoms with Gasteiger partial charge in [0.25, 0.3) is 0 Å². The van der Waals surface area contributed by atoms with Crippen molar-refractivity contribution < 1.29 is 14.6 Å². The summed E-state index contributed by atoms with van der Waals surface area (Å²) in [6, 6.07) is 0. The highest BCUT2D eigenvalue weighted by Crippen LogP contribution is 2.23. The molecule has 0 saturated heterocycles. The van der Waals surface area contributed by atoms with E-state index in [0.29, 0.717) is 12.7 Å². The first-order chi connectivity index (χ1) is 8.27. The van der Waals surface area contributed by atoms with E-state index in [0.717, 1.165) is 31.3 Å². The molecule has 0 aliphatic heterocycles. The zero-order valence-corrected chi connectivity index (χ0v) is 11.2. The molecule has 100 valence electrons. The lowest BCUT2D eigenvalue weighted by Gasteiger charge is -2.23. The SMILES string of the molecule is CCCCCCOC(O)C1=CCC(OC)CC1. The van der Waals surface area contributed by atoms with Crippen molar-refractivity contribution >= 4 is 0 Å². The molecule has 0 radical (unpaired) electrons. The second-order valence-electron chi connectivity index (χ2n) is 4.69. The Kier molecular flexibility index (Phi) is 7.49. The zero-order chi connectivity index (χ0) is 12.5. The highest BCUT2D eigenvalue weighted by Gasteiger charge is 2.18. The van der Waals surface area contributed by atoms with Crippen molar-refractivity contribution in [2.24, 2.45) is 0 Å². The van der Waals surface area contributed by atoms with Crippen LogP contribution in [0.25, 0.3) is 0 Å². The molecule has 0 heterocycles. The average molecular weight is 242 g/mol. The van der Waals surface area contributed by atoms with E-state index in [1.165, 1.54) is 19.3 Å². The lowest BCUT2D eigenvalue weighted by atomic mass is 9.97. The van der Waals surface area contributed by atoms with E-state index in [9.17, 15) is 5.11 Å². The zero-order valence-electron chi connectivity index (χ0n) is 11.2. The maximum atomic E-state index is 9.86. The van der Waals surface area contributed by atoms with Crippen molar-refractivity contribution in [3.05, 3.63) is 11.6 Å². The van der Waals surface area contributed by atoms with E-state index in [2.05, 4.69) is 13.0 Å². The number of rotatable bonds is 8. The van der Waals surface area contributed by atoms with Crippen molar-refractivity contribution in [1.29, 1.82) is 0 Å². The molecule has 2 unspecified atom stereocenters. The van der Waals surface area contributed by atoms with Gasteiger partial charge in [-0.05, 0) is 31.3 Å². The number of aliphatic hydroxyl groups is 1. The summed E-state index contributed by atoms with van der Waals surface area (Å²) in [5.74, 6) is 0. The molecule has 0 aromatic carbocycles. The molecule has 3 nitrogen and oxygen atoms in total. The van der Waals surface area contributed by atoms with Crippen LogP contribution in [0.5, 0.6) is 0 Å². The maximum Gasteiger partial charge on any atom is 0.177 e. The predicted molar refractivity (Wildman–Crippen MR) is 68.8 cm³/mol. The topological polar surface area (TPSA) is 38.7 Å². The van der Waals surface area contributed by atoms with Crippen LogP contribution >= 0.6 is 0 Å². The fraction of sp³-hybridized carbons (Fsp3) is 0.857. The van der Waals surface area contributed by atoms with Crippen molar-refractivity contribution in [1.82, 2.24) is 0 Å². The first-order valence-corrected chi connectivity index (χ1v) is 6.79. The Labute approximate surface area is 105 Å². The highest BCUT2D eigenvalue weighted by molar-refractivity contribution is 5.09. The van der Waals surface area contributed by atoms with Gasteiger partial charge in [-0.1, -0.05) is 32.3 Å². The Morgan fingerprint density at radius 2 is 2.24 bits per heavy atom. The molecule has 0 aromatic rings. The van der Waals surface area contributed by atoms with Crippen molar-refractivity contribution in [2.45, 2.75) is 64.3 Å². The molecule has 0 aromatic heterocycles. The molecule has 1 rings (SSSR count). The van der Waals surface area contributed by atoms with Crippen LogP contribution in [0.3, 0.4) is 0 Å². The van der Waals surface area contributed by atoms with Gasteiger partial charge in [0.15, 0.2) is 6.29 Å². The Balaban J connectivity index is 2.15. The first-order valence-electron chi connectivity index (χ1n) is 6.79. The maximum absolute atomic E-state index is 9.86. The second-order valence-corrected chi connectivity index (χ2v) is 4.69. The Morgan fingerprint density at radius 3 is 2.82 bits per heavy atom. The van der Waals surface area contributed by atoms with E-state index in [4.69, 9.17) is 9.47 Å². The third kappa shape index (κ3) is 5.66. The standard InChI is InChI=1S/C14H26O3/c1-3-4-5-6-11-17-14(15)12-7-9-13(16-2)10-8-12/h7,13-15H,3-6,8-11H2,1-2H3. The van der Waals surface area contributed by atoms with Gasteiger partial charge in [0.1, 0.15) is 0 Å². The first kappa shape index (κ1) is 14.7. The van der Waals surface area contributed by atoms with Gasteiger partial charge in [0.05, 0.1) is 12.7 Å². The highest BCUT2D eigenvalue weighted by atomic mass is 16.6. The molecule has 0 bridgehead atoms. The minimum Gasteiger partial charge on any atom is -0.381 e. The van der Waals surface area contributed by atoms with Crippen molar-refractivity contribution in [2.75, 3.05) is 13.7 Å². The molecule has 0 saturated carbocycles. The van der Waals surface area contributed by atoms with Gasteiger partial charge in [-0.3, -0.25) is 0 Å². The Morgan fingerprint density at radius 1 is 1.41 bits per heavy atom. The smallest absolute Gasteiger partial charge is 0.177 e. The number of hydrogen-bond donors (Lipinski definition) is 1. The summed E-state index contributed by atoms with van der Waals surface area (Å²) in [4.78, 5) is 0. The molecular weight excluding hydrogens is 216 g/mol. The van der Waals surface area contributed by atoms with Crippen LogP contribution in [-0.2, 0) is 9.47 Å². The van der Waals surface area contributed by atoms with Gasteiger partial charge in [-0.2, -0.15) is 0 Å². The van der Waals surface area contributed by atoms with Crippen LogP contribution in [0.2, 0.25) is 0 Å². The second kappa shape index (κ2) is 8.67. The summed E-state index contributed by atoms with van der Waals surface area (Å²) in [7, 11) is 1.74. The van der Waals surface area contributed by atoms with Crippen LogP contribution < -0.4 is 0 Å². The summed E-state index contributed by atoms with van der Waals surface area (Å²) in [5, 5.41) is 9.86. The van der Waals surface area contributed by atoms with E-state index in [1.807, 2.05) is 0 Å². The van der Waals surface area contributed by atoms with Gasteiger partial charge in [-0.25, -0.2) is 0 Å². The van der Waals surface area contributed by atoms with Gasteiger partial charge < -0.3 is 14.6 Å². The average Bonchev–Trinajstić information content (AvgIpc) is 2.38. The van der Waals surface area contributed by atoms with Gasteiger partial charge in [-0.15, -0.1) is 0 Å². The van der Waals surface area contributed by atoms with Crippen molar-refractivity contribution in [3.8, 4) is 0 Å². The number of ether oxygens (including phenoxy) is 2. The fourth-order valence-corrected chi connectivity index (χ4v) is 2.10. The molecule has 3 heteroatoms. The Hall–Kier alpha value is -0.380. The van der Waals surface area contributed by atoms with Crippen LogP contribution in [-0.4, -0.2) is 31.2 Å². The fourth-order valence-electron chi connectivity index (χ4n) is 2.10. The molecule has 2 atom stereocenters. The predicted octanol–water partition coefficient (Wildman–Crippen LogP) is 3.03. The summed E-state index contributed by atoms with van der Waals surface area (Å²) < 4.78 is 10.7. The van der Waals surface area contributed by atoms with Crippen LogP contribution in [0, 0.1) is 0 Å². The summed E-state index contributed by atoms with van der Waals surface area (Å²) in [5.41, 5.74) is 1.02. The normalized spacial score (nSPS) is 22.3. The summed E-state index contributed by atoms with van der Waals surface area (Å²) in [6.45, 7) is 2.85. The number of aliphatic hydroxyl groups excluding tert-OH is 1. The third-order valence-corrected chi connectivity index (χ3v) is 3.32. The largest absolute Gasteiger partial charge is 0.381 e. The molecule has 1 aliphatic carbocycles. The van der Waals surface area contributed by atoms with Gasteiger partial charge in [0.2, 0.25) is 0 Å². The lowest BCUT2D eigenvalue weighted by Crippen LogP contribution is -2.22. The quantitative estimate of drug-likeness (QED) is 0.404. The molecular formula is C14H26O3. The monoisotopic (exact) mass is 242 g/mol. The van der Waals surface area contributed by atoms with Crippen LogP contribution in [0.1, 0.15) is 51.9 Å². The van der Waals surface area contributed by atoms with Gasteiger partial charge >= 0.3 is 0 Å². The molecule has 17 heavy (non-hydrogen) atoms. The molecule has 1 N–H and O–H groups in total. The molecule has 0 amide bonds. The number of unbranched alkanes of at least 4 members (excludes halogenated alkanes) is 3. The van der Waals surface area contributed by atoms with Crippen LogP contribution in [0.4, 0.5) is 0 Å². The third-order valence-electron chi connectivity index (χ3n) is 3.32. The number of hydrogen-bond acceptors (Lipinski definition) is 3. The minimum atomic E-state index is -0.700. The van der Waals surface area contributed by atoms with Crippen molar-refractivity contribution in [3.63, 3.8) is 0 Å². The lowest BCUT2D eigenvalue weighted by molar-refractivity contribution is -0.0772. The molecule has 0 fully saturated rings. The van der Waals surface area contributed by atoms with E-state index < -0.39 is 6.29 Å². The number of methoxy groups -OCH3 is 1. The Bertz CT molecular complexity index is 226. The van der Waals surface area contributed by atoms with Crippen LogP contribution in [0.15, 0.2) is 11.6 Å². The van der Waals surface area contributed by atoms with E-state index >= 15 is 0 Å². The summed E-state index contributed by atoms with van der Waals surface area (Å²) in [6.07, 6.45) is 9.14. The minimum absolute atomic E-state index is 0.315. The van der Waals surface area contributed by atoms with Gasteiger partial charge in [0, 0.05) is 7.11 Å². The molecule has 0 spiro atoms. The van der Waals surface area contributed by atoms with E-state index in [1.54, 1.807) is 7.11 Å². The molecule has 1 aliphatic rings. The summed E-state index contributed by atoms with van der Waals surface area (Å²) >= 11 is 0.